The van der Waals surface area contributed by atoms with Crippen LogP contribution in [-0.2, 0) is 0 Å². The van der Waals surface area contributed by atoms with Crippen LogP contribution in [0.1, 0.15) is 47.1 Å². The van der Waals surface area contributed by atoms with Crippen LogP contribution in [0.3, 0.4) is 0 Å². The van der Waals surface area contributed by atoms with Crippen molar-refractivity contribution in [1.29, 1.82) is 0 Å². The van der Waals surface area contributed by atoms with Gasteiger partial charge in [0, 0.05) is 5.92 Å². The Balaban J connectivity index is 1.77. The van der Waals surface area contributed by atoms with Gasteiger partial charge >= 0.3 is 0 Å². The predicted octanol–water partition coefficient (Wildman–Crippen LogP) is 8.09. The standard InChI is InChI=1S/C32H38P2/c1-31(2,3)33(32(4,5)6)24-25-16-15-22-28(25)29-21-13-14-23-30(29)34(26-17-9-7-10-18-26)27-19-11-8-12-20-27/h7-23,25H,24H2,1-6H3. The molecule has 0 amide bonds. The second kappa shape index (κ2) is 10.3. The molecule has 0 aromatic heterocycles. The molecule has 0 heterocycles. The van der Waals surface area contributed by atoms with Gasteiger partial charge in [-0.05, 0) is 51.4 Å². The van der Waals surface area contributed by atoms with E-state index < -0.39 is 7.92 Å². The van der Waals surface area contributed by atoms with Gasteiger partial charge in [0.2, 0.25) is 0 Å². The Morgan fingerprint density at radius 3 is 1.68 bits per heavy atom. The summed E-state index contributed by atoms with van der Waals surface area (Å²) in [6.07, 6.45) is 8.37. The Morgan fingerprint density at radius 1 is 0.647 bits per heavy atom. The Bertz CT molecular complexity index is 1090. The summed E-state index contributed by atoms with van der Waals surface area (Å²) in [5.74, 6) is 0.481. The quantitative estimate of drug-likeness (QED) is 0.310. The second-order valence-electron chi connectivity index (χ2n) is 11.1. The molecule has 1 aliphatic carbocycles. The molecule has 4 rings (SSSR count). The molecule has 2 heteroatoms. The van der Waals surface area contributed by atoms with Crippen molar-refractivity contribution < 1.29 is 0 Å². The first kappa shape index (κ1) is 25.1. The smallest absolute Gasteiger partial charge is 0.00668 e. The SMILES string of the molecule is CC(C)(C)P(CC1C=CC=C1c1ccccc1P(c1ccccc1)c1ccccc1)C(C)(C)C. The number of rotatable bonds is 6. The van der Waals surface area contributed by atoms with Gasteiger partial charge in [0.15, 0.2) is 0 Å². The molecule has 0 nitrogen and oxygen atoms in total. The van der Waals surface area contributed by atoms with Gasteiger partial charge in [0.25, 0.3) is 0 Å². The Hall–Kier alpha value is -2.00. The Morgan fingerprint density at radius 2 is 1.15 bits per heavy atom. The third-order valence-corrected chi connectivity index (χ3v) is 13.0. The van der Waals surface area contributed by atoms with E-state index in [9.17, 15) is 0 Å². The molecular weight excluding hydrogens is 446 g/mol. The molecule has 0 aliphatic heterocycles. The highest BCUT2D eigenvalue weighted by Crippen LogP contribution is 2.61. The molecule has 0 radical (unpaired) electrons. The molecule has 3 aromatic carbocycles. The van der Waals surface area contributed by atoms with Gasteiger partial charge in [-0.15, -0.1) is 0 Å². The zero-order valence-corrected chi connectivity index (χ0v) is 23.3. The van der Waals surface area contributed by atoms with Crippen molar-refractivity contribution in [3.05, 3.63) is 109 Å². The van der Waals surface area contributed by atoms with Gasteiger partial charge in [-0.2, -0.15) is 0 Å². The summed E-state index contributed by atoms with van der Waals surface area (Å²) in [5, 5.41) is 4.94. The molecular formula is C32H38P2. The second-order valence-corrected chi connectivity index (χ2v) is 17.2. The average Bonchev–Trinajstić information content (AvgIpc) is 3.26. The van der Waals surface area contributed by atoms with Crippen molar-refractivity contribution in [2.24, 2.45) is 5.92 Å². The van der Waals surface area contributed by atoms with Gasteiger partial charge in [0.05, 0.1) is 0 Å². The number of hydrogen-bond donors (Lipinski definition) is 0. The van der Waals surface area contributed by atoms with Crippen molar-refractivity contribution in [1.82, 2.24) is 0 Å². The van der Waals surface area contributed by atoms with E-state index in [1.807, 2.05) is 0 Å². The van der Waals surface area contributed by atoms with Gasteiger partial charge in [-0.25, -0.2) is 0 Å². The van der Waals surface area contributed by atoms with Gasteiger partial charge in [-0.3, -0.25) is 0 Å². The summed E-state index contributed by atoms with van der Waals surface area (Å²) < 4.78 is 0. The van der Waals surface area contributed by atoms with Gasteiger partial charge in [-0.1, -0.05) is 153 Å². The van der Waals surface area contributed by atoms with Crippen LogP contribution < -0.4 is 15.9 Å². The van der Waals surface area contributed by atoms with E-state index in [1.54, 1.807) is 0 Å². The highest BCUT2D eigenvalue weighted by atomic mass is 31.1. The van der Waals surface area contributed by atoms with E-state index in [1.165, 1.54) is 33.2 Å². The minimum atomic E-state index is -0.631. The lowest BCUT2D eigenvalue weighted by atomic mass is 9.97. The lowest BCUT2D eigenvalue weighted by molar-refractivity contribution is 0.697. The maximum atomic E-state index is 2.45. The van der Waals surface area contributed by atoms with Crippen LogP contribution in [0.15, 0.2) is 103 Å². The molecule has 3 aromatic rings. The molecule has 0 bridgehead atoms. The molecule has 1 unspecified atom stereocenters. The zero-order chi connectivity index (χ0) is 24.3. The summed E-state index contributed by atoms with van der Waals surface area (Å²) in [6, 6.07) is 31.3. The lowest BCUT2D eigenvalue weighted by Gasteiger charge is -2.43. The summed E-state index contributed by atoms with van der Waals surface area (Å²) in [6.45, 7) is 14.6. The molecule has 1 aliphatic rings. The van der Waals surface area contributed by atoms with Crippen LogP contribution in [0.25, 0.3) is 5.57 Å². The van der Waals surface area contributed by atoms with E-state index in [-0.39, 0.29) is 7.92 Å². The third kappa shape index (κ3) is 5.62. The minimum absolute atomic E-state index is 0.170. The highest BCUT2D eigenvalue weighted by Gasteiger charge is 2.37. The molecule has 0 spiro atoms. The molecule has 0 saturated carbocycles. The fraction of sp³-hybridized carbons (Fsp3) is 0.312. The van der Waals surface area contributed by atoms with Crippen LogP contribution in [-0.4, -0.2) is 16.5 Å². The predicted molar refractivity (Wildman–Crippen MR) is 157 cm³/mol. The van der Waals surface area contributed by atoms with E-state index in [0.717, 1.165) is 0 Å². The summed E-state index contributed by atoms with van der Waals surface area (Å²) in [7, 11) is -0.801. The summed E-state index contributed by atoms with van der Waals surface area (Å²) in [4.78, 5) is 0. The number of hydrogen-bond acceptors (Lipinski definition) is 0. The third-order valence-electron chi connectivity index (χ3n) is 6.50. The normalized spacial score (nSPS) is 16.4. The fourth-order valence-electron chi connectivity index (χ4n) is 5.21. The first-order chi connectivity index (χ1) is 16.2. The largest absolute Gasteiger partial charge is 0.0947 e. The molecule has 0 saturated heterocycles. The monoisotopic (exact) mass is 484 g/mol. The molecule has 34 heavy (non-hydrogen) atoms. The fourth-order valence-corrected chi connectivity index (χ4v) is 11.5. The highest BCUT2D eigenvalue weighted by molar-refractivity contribution is 7.80. The maximum absolute atomic E-state index is 2.45. The van der Waals surface area contributed by atoms with Gasteiger partial charge in [0.1, 0.15) is 0 Å². The first-order valence-electron chi connectivity index (χ1n) is 12.3. The lowest BCUT2D eigenvalue weighted by Crippen LogP contribution is -2.29. The van der Waals surface area contributed by atoms with E-state index in [2.05, 4.69) is 145 Å². The van der Waals surface area contributed by atoms with Crippen molar-refractivity contribution in [3.8, 4) is 0 Å². The topological polar surface area (TPSA) is 0 Å². The Kier molecular flexibility index (Phi) is 7.62. The average molecular weight is 485 g/mol. The summed E-state index contributed by atoms with van der Waals surface area (Å²) in [5.41, 5.74) is 2.92. The summed E-state index contributed by atoms with van der Waals surface area (Å²) >= 11 is 0. The van der Waals surface area contributed by atoms with E-state index in [4.69, 9.17) is 0 Å². The van der Waals surface area contributed by atoms with Crippen LogP contribution in [0, 0.1) is 5.92 Å². The van der Waals surface area contributed by atoms with Crippen LogP contribution in [0.4, 0.5) is 0 Å². The molecule has 0 N–H and O–H groups in total. The van der Waals surface area contributed by atoms with Crippen LogP contribution >= 0.6 is 15.8 Å². The van der Waals surface area contributed by atoms with Crippen molar-refractivity contribution in [2.45, 2.75) is 51.9 Å². The van der Waals surface area contributed by atoms with Crippen LogP contribution in [0.5, 0.6) is 0 Å². The molecule has 176 valence electrons. The van der Waals surface area contributed by atoms with Crippen molar-refractivity contribution >= 4 is 37.3 Å². The molecule has 0 fully saturated rings. The minimum Gasteiger partial charge on any atom is -0.0947 e. The van der Waals surface area contributed by atoms with Gasteiger partial charge < -0.3 is 0 Å². The molecule has 1 atom stereocenters. The van der Waals surface area contributed by atoms with Crippen molar-refractivity contribution in [2.75, 3.05) is 6.16 Å². The van der Waals surface area contributed by atoms with Crippen LogP contribution in [0.2, 0.25) is 0 Å². The zero-order valence-electron chi connectivity index (χ0n) is 21.5. The van der Waals surface area contributed by atoms with E-state index >= 15 is 0 Å². The van der Waals surface area contributed by atoms with E-state index in [0.29, 0.717) is 16.2 Å². The maximum Gasteiger partial charge on any atom is 0.00668 e. The number of allylic oxidation sites excluding steroid dienone is 4. The van der Waals surface area contributed by atoms with Crippen molar-refractivity contribution in [3.63, 3.8) is 0 Å². The first-order valence-corrected chi connectivity index (χ1v) is 15.2. The number of benzene rings is 3. The Labute approximate surface area is 209 Å².